The van der Waals surface area contributed by atoms with Crippen LogP contribution in [0.5, 0.6) is 0 Å². The molecule has 0 heterocycles. The third-order valence-corrected chi connectivity index (χ3v) is 3.01. The average molecular weight is 198 g/mol. The van der Waals surface area contributed by atoms with Crippen LogP contribution >= 0.6 is 0 Å². The summed E-state index contributed by atoms with van der Waals surface area (Å²) >= 11 is 0. The van der Waals surface area contributed by atoms with E-state index in [9.17, 15) is 4.79 Å². The van der Waals surface area contributed by atoms with E-state index in [0.29, 0.717) is 6.04 Å². The van der Waals surface area contributed by atoms with Gasteiger partial charge in [0.25, 0.3) is 0 Å². The molecule has 3 nitrogen and oxygen atoms in total. The molecule has 2 atom stereocenters. The summed E-state index contributed by atoms with van der Waals surface area (Å²) in [5, 5.41) is 3.42. The van der Waals surface area contributed by atoms with Crippen LogP contribution in [0.15, 0.2) is 0 Å². The van der Waals surface area contributed by atoms with Gasteiger partial charge in [-0.15, -0.1) is 0 Å². The number of rotatable bonds is 7. The Balaban J connectivity index is 2.15. The first-order valence-corrected chi connectivity index (χ1v) is 5.66. The van der Waals surface area contributed by atoms with Crippen molar-refractivity contribution in [1.82, 2.24) is 5.32 Å². The molecule has 0 aromatic heterocycles. The average Bonchev–Trinajstić information content (AvgIpc) is 2.95. The van der Waals surface area contributed by atoms with Crippen molar-refractivity contribution in [3.63, 3.8) is 0 Å². The fraction of sp³-hybridized carbons (Fsp3) is 0.909. The highest BCUT2D eigenvalue weighted by molar-refractivity contribution is 5.76. The summed E-state index contributed by atoms with van der Waals surface area (Å²) in [5.74, 6) is 0.679. The Bertz CT molecular complexity index is 190. The lowest BCUT2D eigenvalue weighted by molar-refractivity contribution is -0.121. The maximum absolute atomic E-state index is 10.8. The number of carbonyl (C=O) groups excluding carboxylic acids is 1. The highest BCUT2D eigenvalue weighted by atomic mass is 16.1. The molecule has 0 spiro atoms. The van der Waals surface area contributed by atoms with Crippen molar-refractivity contribution < 1.29 is 4.79 Å². The van der Waals surface area contributed by atoms with Crippen LogP contribution in [0.3, 0.4) is 0 Å². The predicted octanol–water partition coefficient (Wildman–Crippen LogP) is 1.28. The van der Waals surface area contributed by atoms with Gasteiger partial charge in [0, 0.05) is 18.5 Å². The van der Waals surface area contributed by atoms with Crippen molar-refractivity contribution in [3.8, 4) is 0 Å². The molecule has 1 aliphatic rings. The first kappa shape index (κ1) is 11.5. The van der Waals surface area contributed by atoms with Gasteiger partial charge in [0.15, 0.2) is 0 Å². The monoisotopic (exact) mass is 198 g/mol. The summed E-state index contributed by atoms with van der Waals surface area (Å²) in [6, 6.07) is 0.573. The van der Waals surface area contributed by atoms with Crippen LogP contribution in [-0.2, 0) is 4.79 Å². The van der Waals surface area contributed by atoms with Crippen molar-refractivity contribution in [2.45, 2.75) is 45.6 Å². The smallest absolute Gasteiger partial charge is 0.221 e. The Morgan fingerprint density at radius 3 is 2.64 bits per heavy atom. The van der Waals surface area contributed by atoms with Gasteiger partial charge in [0.2, 0.25) is 5.91 Å². The number of primary amides is 1. The van der Waals surface area contributed by atoms with Crippen molar-refractivity contribution in [2.75, 3.05) is 6.54 Å². The van der Waals surface area contributed by atoms with E-state index in [0.717, 1.165) is 18.9 Å². The highest BCUT2D eigenvalue weighted by Crippen LogP contribution is 2.33. The minimum atomic E-state index is -0.209. The van der Waals surface area contributed by atoms with Gasteiger partial charge in [-0.05, 0) is 18.8 Å². The van der Waals surface area contributed by atoms with Crippen LogP contribution in [0.4, 0.5) is 0 Å². The second kappa shape index (κ2) is 5.35. The lowest BCUT2D eigenvalue weighted by atomic mass is 10.1. The number of nitrogens with two attached hydrogens (primary N) is 1. The molecule has 1 amide bonds. The summed E-state index contributed by atoms with van der Waals surface area (Å²) in [4.78, 5) is 10.8. The van der Waals surface area contributed by atoms with Crippen LogP contribution < -0.4 is 11.1 Å². The summed E-state index contributed by atoms with van der Waals surface area (Å²) < 4.78 is 0. The minimum Gasteiger partial charge on any atom is -0.369 e. The Morgan fingerprint density at radius 2 is 2.21 bits per heavy atom. The molecule has 14 heavy (non-hydrogen) atoms. The molecule has 3 N–H and O–H groups in total. The summed E-state index contributed by atoms with van der Waals surface area (Å²) in [5.41, 5.74) is 5.20. The van der Waals surface area contributed by atoms with Gasteiger partial charge in [-0.3, -0.25) is 4.79 Å². The van der Waals surface area contributed by atoms with E-state index in [1.54, 1.807) is 0 Å². The van der Waals surface area contributed by atoms with E-state index in [2.05, 4.69) is 12.2 Å². The van der Waals surface area contributed by atoms with Crippen molar-refractivity contribution in [2.24, 2.45) is 17.6 Å². The molecular formula is C11H22N2O. The molecule has 1 saturated carbocycles. The molecule has 82 valence electrons. The van der Waals surface area contributed by atoms with E-state index < -0.39 is 0 Å². The van der Waals surface area contributed by atoms with Gasteiger partial charge in [-0.25, -0.2) is 0 Å². The maximum Gasteiger partial charge on any atom is 0.221 e. The van der Waals surface area contributed by atoms with E-state index in [4.69, 9.17) is 5.73 Å². The van der Waals surface area contributed by atoms with Crippen molar-refractivity contribution in [1.29, 1.82) is 0 Å². The molecule has 3 heteroatoms. The van der Waals surface area contributed by atoms with Crippen LogP contribution in [-0.4, -0.2) is 18.5 Å². The molecule has 1 fully saturated rings. The van der Waals surface area contributed by atoms with E-state index >= 15 is 0 Å². The largest absolute Gasteiger partial charge is 0.369 e. The topological polar surface area (TPSA) is 55.1 Å². The molecule has 2 unspecified atom stereocenters. The number of hydrogen-bond acceptors (Lipinski definition) is 2. The minimum absolute atomic E-state index is 0.0525. The van der Waals surface area contributed by atoms with Gasteiger partial charge < -0.3 is 11.1 Å². The Morgan fingerprint density at radius 1 is 1.57 bits per heavy atom. The fourth-order valence-electron chi connectivity index (χ4n) is 1.59. The third kappa shape index (κ3) is 4.09. The fourth-order valence-corrected chi connectivity index (χ4v) is 1.59. The third-order valence-electron chi connectivity index (χ3n) is 3.01. The molecule has 0 aliphatic heterocycles. The number of hydrogen-bond donors (Lipinski definition) is 2. The first-order valence-electron chi connectivity index (χ1n) is 5.66. The van der Waals surface area contributed by atoms with Gasteiger partial charge in [-0.1, -0.05) is 26.7 Å². The van der Waals surface area contributed by atoms with Gasteiger partial charge in [0.1, 0.15) is 0 Å². The van der Waals surface area contributed by atoms with Crippen molar-refractivity contribution >= 4 is 5.91 Å². The number of carbonyl (C=O) groups is 1. The molecule has 0 bridgehead atoms. The Hall–Kier alpha value is -0.570. The zero-order valence-corrected chi connectivity index (χ0v) is 9.25. The normalized spacial score (nSPS) is 20.4. The molecule has 0 radical (unpaired) electrons. The van der Waals surface area contributed by atoms with E-state index in [1.165, 1.54) is 19.3 Å². The predicted molar refractivity (Wildman–Crippen MR) is 57.8 cm³/mol. The van der Waals surface area contributed by atoms with Gasteiger partial charge in [0.05, 0.1) is 0 Å². The van der Waals surface area contributed by atoms with Gasteiger partial charge in [-0.2, -0.15) is 0 Å². The van der Waals surface area contributed by atoms with Crippen LogP contribution in [0.1, 0.15) is 39.5 Å². The van der Waals surface area contributed by atoms with Gasteiger partial charge >= 0.3 is 0 Å². The molecule has 1 rings (SSSR count). The highest BCUT2D eigenvalue weighted by Gasteiger charge is 2.24. The van der Waals surface area contributed by atoms with E-state index in [1.807, 2.05) is 6.92 Å². The van der Waals surface area contributed by atoms with Crippen LogP contribution in [0, 0.1) is 11.8 Å². The second-order valence-corrected chi connectivity index (χ2v) is 4.50. The number of amides is 1. The molecular weight excluding hydrogens is 176 g/mol. The molecule has 0 aromatic rings. The summed E-state index contributed by atoms with van der Waals surface area (Å²) in [6.45, 7) is 4.79. The SMILES string of the molecule is CCC(CC1CC1)NCC(C)C(N)=O. The van der Waals surface area contributed by atoms with Crippen LogP contribution in [0.25, 0.3) is 0 Å². The standard InChI is InChI=1S/C11H22N2O/c1-3-10(6-9-4-5-9)13-7-8(2)11(12)14/h8-10,13H,3-7H2,1-2H3,(H2,12,14). The molecule has 1 aliphatic carbocycles. The summed E-state index contributed by atoms with van der Waals surface area (Å²) in [6.07, 6.45) is 5.19. The van der Waals surface area contributed by atoms with Crippen LogP contribution in [0.2, 0.25) is 0 Å². The quantitative estimate of drug-likeness (QED) is 0.647. The molecule has 0 aromatic carbocycles. The van der Waals surface area contributed by atoms with E-state index in [-0.39, 0.29) is 11.8 Å². The zero-order valence-electron chi connectivity index (χ0n) is 9.25. The zero-order chi connectivity index (χ0) is 10.6. The summed E-state index contributed by atoms with van der Waals surface area (Å²) in [7, 11) is 0. The lowest BCUT2D eigenvalue weighted by Crippen LogP contribution is -2.37. The maximum atomic E-state index is 10.8. The second-order valence-electron chi connectivity index (χ2n) is 4.50. The first-order chi connectivity index (χ1) is 6.63. The molecule has 0 saturated heterocycles. The lowest BCUT2D eigenvalue weighted by Gasteiger charge is -2.18. The van der Waals surface area contributed by atoms with Crippen molar-refractivity contribution in [3.05, 3.63) is 0 Å². The Labute approximate surface area is 86.4 Å². The Kier molecular flexibility index (Phi) is 4.39. The number of nitrogens with one attached hydrogen (secondary N) is 1.